The van der Waals surface area contributed by atoms with Crippen molar-refractivity contribution in [3.05, 3.63) is 64.2 Å². The highest BCUT2D eigenvalue weighted by Gasteiger charge is 2.23. The van der Waals surface area contributed by atoms with Crippen molar-refractivity contribution in [1.29, 1.82) is 0 Å². The number of benzene rings is 2. The fourth-order valence-electron chi connectivity index (χ4n) is 2.82. The van der Waals surface area contributed by atoms with Crippen molar-refractivity contribution in [2.24, 2.45) is 4.40 Å². The molecule has 0 atom stereocenters. The van der Waals surface area contributed by atoms with Crippen molar-refractivity contribution >= 4 is 27.5 Å². The number of morpholine rings is 1. The van der Waals surface area contributed by atoms with E-state index in [1.165, 1.54) is 0 Å². The summed E-state index contributed by atoms with van der Waals surface area (Å²) >= 11 is 5.98. The first-order valence-corrected chi connectivity index (χ1v) is 10.2. The number of ether oxygens (including phenoxy) is 1. The predicted molar refractivity (Wildman–Crippen MR) is 103 cm³/mol. The van der Waals surface area contributed by atoms with Crippen LogP contribution in [0.1, 0.15) is 16.7 Å². The van der Waals surface area contributed by atoms with Gasteiger partial charge in [0.25, 0.3) is 10.0 Å². The van der Waals surface area contributed by atoms with Gasteiger partial charge in [-0.2, -0.15) is 8.42 Å². The summed E-state index contributed by atoms with van der Waals surface area (Å²) in [6, 6.07) is 12.4. The van der Waals surface area contributed by atoms with Crippen LogP contribution in [0.4, 0.5) is 0 Å². The molecule has 1 fully saturated rings. The van der Waals surface area contributed by atoms with E-state index in [9.17, 15) is 8.42 Å². The number of rotatable bonds is 3. The summed E-state index contributed by atoms with van der Waals surface area (Å²) in [5.41, 5.74) is 2.27. The van der Waals surface area contributed by atoms with E-state index in [0.29, 0.717) is 48.3 Å². The summed E-state index contributed by atoms with van der Waals surface area (Å²) in [6.45, 7) is 5.89. The van der Waals surface area contributed by atoms with Gasteiger partial charge in [0.1, 0.15) is 5.84 Å². The maximum atomic E-state index is 13.0. The van der Waals surface area contributed by atoms with Crippen molar-refractivity contribution in [2.75, 3.05) is 26.3 Å². The lowest BCUT2D eigenvalue weighted by molar-refractivity contribution is 0.0683. The number of hydrogen-bond acceptors (Lipinski definition) is 3. The molecule has 0 bridgehead atoms. The number of aryl methyl sites for hydroxylation is 2. The summed E-state index contributed by atoms with van der Waals surface area (Å²) < 4.78 is 35.7. The Morgan fingerprint density at radius 2 is 1.73 bits per heavy atom. The molecule has 0 radical (unpaired) electrons. The molecule has 0 amide bonds. The molecule has 0 N–H and O–H groups in total. The lowest BCUT2D eigenvalue weighted by atomic mass is 10.2. The fraction of sp³-hybridized carbons (Fsp3) is 0.316. The smallest absolute Gasteiger partial charge is 0.284 e. The van der Waals surface area contributed by atoms with Gasteiger partial charge in [-0.25, -0.2) is 0 Å². The predicted octanol–water partition coefficient (Wildman–Crippen LogP) is 3.42. The van der Waals surface area contributed by atoms with E-state index < -0.39 is 10.0 Å². The third-order valence-electron chi connectivity index (χ3n) is 4.24. The zero-order valence-corrected chi connectivity index (χ0v) is 16.3. The molecule has 1 aliphatic heterocycles. The highest BCUT2D eigenvalue weighted by molar-refractivity contribution is 7.90. The molecule has 26 heavy (non-hydrogen) atoms. The second-order valence-electron chi connectivity index (χ2n) is 6.27. The van der Waals surface area contributed by atoms with E-state index in [0.717, 1.165) is 5.56 Å². The number of hydrogen-bond donors (Lipinski definition) is 0. The van der Waals surface area contributed by atoms with Gasteiger partial charge in [0.15, 0.2) is 0 Å². The zero-order valence-electron chi connectivity index (χ0n) is 14.8. The van der Waals surface area contributed by atoms with Crippen LogP contribution in [0.5, 0.6) is 0 Å². The Hall–Kier alpha value is -1.89. The Bertz CT molecular complexity index is 918. The second kappa shape index (κ2) is 7.78. The van der Waals surface area contributed by atoms with E-state index in [4.69, 9.17) is 16.3 Å². The summed E-state index contributed by atoms with van der Waals surface area (Å²) in [5, 5.41) is 0.590. The lowest BCUT2D eigenvalue weighted by Crippen LogP contribution is -2.41. The lowest BCUT2D eigenvalue weighted by Gasteiger charge is -2.29. The van der Waals surface area contributed by atoms with Gasteiger partial charge >= 0.3 is 0 Å². The van der Waals surface area contributed by atoms with Crippen molar-refractivity contribution < 1.29 is 13.2 Å². The quantitative estimate of drug-likeness (QED) is 0.593. The summed E-state index contributed by atoms with van der Waals surface area (Å²) in [6.07, 6.45) is 0. The van der Waals surface area contributed by atoms with E-state index in [1.807, 2.05) is 17.9 Å². The van der Waals surface area contributed by atoms with Crippen molar-refractivity contribution in [1.82, 2.24) is 4.90 Å². The molecule has 5 nitrogen and oxygen atoms in total. The van der Waals surface area contributed by atoms with Gasteiger partial charge in [0, 0.05) is 23.7 Å². The Balaban J connectivity index is 2.10. The number of nitrogens with zero attached hydrogens (tertiary/aromatic N) is 2. The molecule has 0 unspecified atom stereocenters. The number of halogens is 1. The van der Waals surface area contributed by atoms with Crippen molar-refractivity contribution in [2.45, 2.75) is 18.7 Å². The molecule has 1 saturated heterocycles. The van der Waals surface area contributed by atoms with Gasteiger partial charge in [-0.15, -0.1) is 4.40 Å². The summed E-state index contributed by atoms with van der Waals surface area (Å²) in [5.74, 6) is 0.422. The van der Waals surface area contributed by atoms with Crippen LogP contribution in [0.25, 0.3) is 0 Å². The van der Waals surface area contributed by atoms with Crippen LogP contribution in [0.15, 0.2) is 51.8 Å². The average Bonchev–Trinajstić information content (AvgIpc) is 2.63. The molecule has 0 aliphatic carbocycles. The van der Waals surface area contributed by atoms with Gasteiger partial charge in [-0.3, -0.25) is 0 Å². The minimum absolute atomic E-state index is 0.234. The Morgan fingerprint density at radius 1 is 1.08 bits per heavy atom. The summed E-state index contributed by atoms with van der Waals surface area (Å²) in [7, 11) is -3.85. The van der Waals surface area contributed by atoms with E-state index >= 15 is 0 Å². The van der Waals surface area contributed by atoms with Gasteiger partial charge < -0.3 is 9.64 Å². The highest BCUT2D eigenvalue weighted by atomic mass is 35.5. The topological polar surface area (TPSA) is 59.0 Å². The third kappa shape index (κ3) is 4.26. The van der Waals surface area contributed by atoms with Gasteiger partial charge in [-0.05, 0) is 55.3 Å². The minimum Gasteiger partial charge on any atom is -0.378 e. The van der Waals surface area contributed by atoms with Crippen LogP contribution < -0.4 is 0 Å². The first-order chi connectivity index (χ1) is 12.4. The first-order valence-electron chi connectivity index (χ1n) is 8.38. The Labute approximate surface area is 159 Å². The molecule has 0 aromatic heterocycles. The molecular formula is C19H21ClN2O3S. The SMILES string of the molecule is Cc1ccc(C)c(S(=O)(=O)N=C(c2ccc(Cl)cc2)N2CCOCC2)c1. The molecule has 0 spiro atoms. The van der Waals surface area contributed by atoms with Gasteiger partial charge in [0.05, 0.1) is 18.1 Å². The van der Waals surface area contributed by atoms with E-state index in [-0.39, 0.29) is 4.90 Å². The maximum Gasteiger partial charge on any atom is 0.284 e. The molecule has 0 saturated carbocycles. The Kier molecular flexibility index (Phi) is 5.65. The second-order valence-corrected chi connectivity index (χ2v) is 8.27. The molecule has 138 valence electrons. The third-order valence-corrected chi connectivity index (χ3v) is 5.90. The van der Waals surface area contributed by atoms with E-state index in [1.54, 1.807) is 43.3 Å². The molecule has 1 aliphatic rings. The van der Waals surface area contributed by atoms with Crippen LogP contribution in [-0.2, 0) is 14.8 Å². The Morgan fingerprint density at radius 3 is 2.38 bits per heavy atom. The number of sulfonamides is 1. The monoisotopic (exact) mass is 392 g/mol. The molecular weight excluding hydrogens is 372 g/mol. The minimum atomic E-state index is -3.85. The molecule has 2 aromatic rings. The van der Waals surface area contributed by atoms with Crippen LogP contribution in [0.2, 0.25) is 5.02 Å². The van der Waals surface area contributed by atoms with Crippen LogP contribution in [0.3, 0.4) is 0 Å². The molecule has 3 rings (SSSR count). The molecule has 1 heterocycles. The molecule has 7 heteroatoms. The van der Waals surface area contributed by atoms with E-state index in [2.05, 4.69) is 4.40 Å². The highest BCUT2D eigenvalue weighted by Crippen LogP contribution is 2.22. The standard InChI is InChI=1S/C19H21ClN2O3S/c1-14-3-4-15(2)18(13-14)26(23,24)21-19(22-9-11-25-12-10-22)16-5-7-17(20)8-6-16/h3-8,13H,9-12H2,1-2H3. The van der Waals surface area contributed by atoms with Crippen LogP contribution >= 0.6 is 11.6 Å². The van der Waals surface area contributed by atoms with Crippen LogP contribution in [0, 0.1) is 13.8 Å². The van der Waals surface area contributed by atoms with Crippen molar-refractivity contribution in [3.63, 3.8) is 0 Å². The average molecular weight is 393 g/mol. The van der Waals surface area contributed by atoms with Gasteiger partial charge in [0.2, 0.25) is 0 Å². The number of amidine groups is 1. The van der Waals surface area contributed by atoms with Crippen molar-refractivity contribution in [3.8, 4) is 0 Å². The maximum absolute atomic E-state index is 13.0. The van der Waals surface area contributed by atoms with Crippen LogP contribution in [-0.4, -0.2) is 45.5 Å². The van der Waals surface area contributed by atoms with Gasteiger partial charge in [-0.1, -0.05) is 23.7 Å². The normalized spacial score (nSPS) is 16.0. The first kappa shape index (κ1) is 18.9. The molecule has 2 aromatic carbocycles. The summed E-state index contributed by atoms with van der Waals surface area (Å²) in [4.78, 5) is 2.17. The zero-order chi connectivity index (χ0) is 18.7. The largest absolute Gasteiger partial charge is 0.378 e. The fourth-order valence-corrected chi connectivity index (χ4v) is 4.30.